The van der Waals surface area contributed by atoms with Crippen LogP contribution < -0.4 is 10.2 Å². The zero-order valence-electron chi connectivity index (χ0n) is 20.0. The van der Waals surface area contributed by atoms with Gasteiger partial charge in [-0.25, -0.2) is 9.78 Å². The second kappa shape index (κ2) is 11.4. The Morgan fingerprint density at radius 3 is 2.17 bits per heavy atom. The first-order valence-corrected chi connectivity index (χ1v) is 11.5. The van der Waals surface area contributed by atoms with Crippen molar-refractivity contribution in [1.82, 2.24) is 9.88 Å². The Balaban J connectivity index is 0.000000658. The van der Waals surface area contributed by atoms with Gasteiger partial charge in [0.25, 0.3) is 0 Å². The number of ether oxygens (including phenoxy) is 1. The van der Waals surface area contributed by atoms with Gasteiger partial charge in [-0.05, 0) is 60.7 Å². The number of aryl methyl sites for hydroxylation is 1. The summed E-state index contributed by atoms with van der Waals surface area (Å²) in [5.74, 6) is 0.277. The van der Waals surface area contributed by atoms with E-state index in [0.717, 1.165) is 24.5 Å². The Labute approximate surface area is 205 Å². The molecule has 0 aliphatic carbocycles. The van der Waals surface area contributed by atoms with Crippen molar-refractivity contribution in [2.24, 2.45) is 0 Å². The van der Waals surface area contributed by atoms with Crippen molar-refractivity contribution in [2.45, 2.75) is 39.0 Å². The van der Waals surface area contributed by atoms with Gasteiger partial charge in [0.1, 0.15) is 11.5 Å². The summed E-state index contributed by atoms with van der Waals surface area (Å²) in [5, 5.41) is 2.87. The van der Waals surface area contributed by atoms with Crippen LogP contribution in [0.15, 0.2) is 30.3 Å². The third kappa shape index (κ3) is 8.00. The van der Waals surface area contributed by atoms with E-state index in [2.05, 4.69) is 10.3 Å². The smallest absolute Gasteiger partial charge is 0.378 e. The Morgan fingerprint density at radius 1 is 0.972 bits per heavy atom. The second-order valence-electron chi connectivity index (χ2n) is 8.63. The maximum absolute atomic E-state index is 13.6. The molecule has 0 atom stereocenters. The Hall–Kier alpha value is -3.02. The van der Waals surface area contributed by atoms with Crippen LogP contribution in [0.1, 0.15) is 31.0 Å². The predicted molar refractivity (Wildman–Crippen MR) is 124 cm³/mol. The van der Waals surface area contributed by atoms with Crippen molar-refractivity contribution in [2.75, 3.05) is 49.6 Å². The molecule has 36 heavy (non-hydrogen) atoms. The van der Waals surface area contributed by atoms with E-state index in [-0.39, 0.29) is 18.8 Å². The SMILES string of the molecule is CC(F)(F)F.Cc1ccc(NC(=O)N2CCCC2)cc1-c1cc(N2CCOCC2)nc(C(F)(F)F)c1. The summed E-state index contributed by atoms with van der Waals surface area (Å²) in [6.45, 7) is 5.32. The molecule has 2 fully saturated rings. The molecular formula is C24H28F6N4O2. The van der Waals surface area contributed by atoms with Crippen molar-refractivity contribution in [1.29, 1.82) is 0 Å². The molecule has 6 nitrogen and oxygen atoms in total. The van der Waals surface area contributed by atoms with E-state index in [1.165, 1.54) is 0 Å². The summed E-state index contributed by atoms with van der Waals surface area (Å²) in [6, 6.07) is 7.85. The van der Waals surface area contributed by atoms with Crippen LogP contribution in [0.3, 0.4) is 0 Å². The normalized spacial score (nSPS) is 16.4. The number of nitrogens with zero attached hydrogens (tertiary/aromatic N) is 3. The standard InChI is InChI=1S/C22H25F3N4O2.C2H3F3/c1-15-4-5-17(26-21(30)29-6-2-3-7-29)14-18(15)16-12-19(22(23,24)25)27-20(13-16)28-8-10-31-11-9-28;1-2(3,4)5/h4-5,12-14H,2-3,6-11H2,1H3,(H,26,30);1H3. The number of hydrogen-bond donors (Lipinski definition) is 1. The van der Waals surface area contributed by atoms with Crippen LogP contribution in [0.2, 0.25) is 0 Å². The molecule has 1 aromatic heterocycles. The van der Waals surface area contributed by atoms with Crippen LogP contribution >= 0.6 is 0 Å². The highest BCUT2D eigenvalue weighted by Crippen LogP contribution is 2.35. The Bertz CT molecular complexity index is 1040. The third-order valence-electron chi connectivity index (χ3n) is 5.63. The molecule has 4 rings (SSSR count). The molecule has 0 bridgehead atoms. The third-order valence-corrected chi connectivity index (χ3v) is 5.63. The van der Waals surface area contributed by atoms with Crippen molar-refractivity contribution >= 4 is 17.5 Å². The zero-order chi connectivity index (χ0) is 26.5. The number of pyridine rings is 1. The molecule has 198 valence electrons. The van der Waals surface area contributed by atoms with Gasteiger partial charge >= 0.3 is 18.4 Å². The van der Waals surface area contributed by atoms with Gasteiger partial charge in [0.15, 0.2) is 0 Å². The van der Waals surface area contributed by atoms with E-state index < -0.39 is 18.0 Å². The maximum Gasteiger partial charge on any atom is 0.433 e. The number of carbonyl (C=O) groups is 1. The van der Waals surface area contributed by atoms with E-state index in [1.54, 1.807) is 34.1 Å². The molecule has 2 aromatic rings. The number of likely N-dealkylation sites (tertiary alicyclic amines) is 1. The molecule has 0 spiro atoms. The van der Waals surface area contributed by atoms with Gasteiger partial charge in [0.2, 0.25) is 0 Å². The van der Waals surface area contributed by atoms with Crippen molar-refractivity contribution in [3.8, 4) is 11.1 Å². The van der Waals surface area contributed by atoms with Gasteiger partial charge in [-0.15, -0.1) is 0 Å². The summed E-state index contributed by atoms with van der Waals surface area (Å²) >= 11 is 0. The number of halogens is 6. The lowest BCUT2D eigenvalue weighted by atomic mass is 9.99. The van der Waals surface area contributed by atoms with E-state index >= 15 is 0 Å². The van der Waals surface area contributed by atoms with Crippen LogP contribution in [-0.2, 0) is 10.9 Å². The monoisotopic (exact) mass is 518 g/mol. The van der Waals surface area contributed by atoms with Crippen LogP contribution in [0.25, 0.3) is 11.1 Å². The molecule has 0 radical (unpaired) electrons. The lowest BCUT2D eigenvalue weighted by Crippen LogP contribution is -2.37. The summed E-state index contributed by atoms with van der Waals surface area (Å²) < 4.78 is 77.1. The first-order valence-electron chi connectivity index (χ1n) is 11.5. The van der Waals surface area contributed by atoms with Gasteiger partial charge in [-0.2, -0.15) is 26.3 Å². The quantitative estimate of drug-likeness (QED) is 0.499. The summed E-state index contributed by atoms with van der Waals surface area (Å²) in [6.07, 6.45) is -6.60. The minimum absolute atomic E-state index is 0.188. The van der Waals surface area contributed by atoms with Crippen molar-refractivity contribution in [3.63, 3.8) is 0 Å². The number of carbonyl (C=O) groups excluding carboxylic acids is 1. The molecule has 2 aliphatic rings. The number of alkyl halides is 6. The fraction of sp³-hybridized carbons (Fsp3) is 0.500. The topological polar surface area (TPSA) is 57.7 Å². The molecular weight excluding hydrogens is 490 g/mol. The number of rotatable bonds is 3. The van der Waals surface area contributed by atoms with Crippen LogP contribution in [-0.4, -0.2) is 61.5 Å². The zero-order valence-corrected chi connectivity index (χ0v) is 20.0. The molecule has 0 saturated carbocycles. The number of morpholine rings is 1. The fourth-order valence-corrected chi connectivity index (χ4v) is 3.90. The molecule has 2 saturated heterocycles. The van der Waals surface area contributed by atoms with Crippen molar-refractivity contribution < 1.29 is 35.9 Å². The minimum Gasteiger partial charge on any atom is -0.378 e. The summed E-state index contributed by atoms with van der Waals surface area (Å²) in [4.78, 5) is 19.8. The van der Waals surface area contributed by atoms with Crippen LogP contribution in [0, 0.1) is 6.92 Å². The second-order valence-corrected chi connectivity index (χ2v) is 8.63. The highest BCUT2D eigenvalue weighted by Gasteiger charge is 2.34. The lowest BCUT2D eigenvalue weighted by Gasteiger charge is -2.29. The molecule has 1 aromatic carbocycles. The maximum atomic E-state index is 13.6. The van der Waals surface area contributed by atoms with E-state index in [4.69, 9.17) is 4.74 Å². The first-order chi connectivity index (χ1) is 16.8. The van der Waals surface area contributed by atoms with Gasteiger partial charge in [-0.3, -0.25) is 0 Å². The number of aromatic nitrogens is 1. The summed E-state index contributed by atoms with van der Waals surface area (Å²) in [7, 11) is 0. The van der Waals surface area contributed by atoms with Crippen LogP contribution in [0.4, 0.5) is 42.6 Å². The minimum atomic E-state index is -4.56. The average Bonchev–Trinajstić information content (AvgIpc) is 3.34. The van der Waals surface area contributed by atoms with E-state index in [9.17, 15) is 31.1 Å². The van der Waals surface area contributed by atoms with Gasteiger partial charge in [0, 0.05) is 38.8 Å². The molecule has 0 unspecified atom stereocenters. The van der Waals surface area contributed by atoms with E-state index in [1.807, 2.05) is 6.92 Å². The largest absolute Gasteiger partial charge is 0.433 e. The highest BCUT2D eigenvalue weighted by atomic mass is 19.4. The van der Waals surface area contributed by atoms with Gasteiger partial charge in [0.05, 0.1) is 13.2 Å². The van der Waals surface area contributed by atoms with Crippen molar-refractivity contribution in [3.05, 3.63) is 41.6 Å². The Kier molecular flexibility index (Phi) is 8.70. The highest BCUT2D eigenvalue weighted by molar-refractivity contribution is 5.90. The molecule has 1 N–H and O–H groups in total. The van der Waals surface area contributed by atoms with Gasteiger partial charge in [-0.1, -0.05) is 6.07 Å². The number of benzene rings is 1. The molecule has 12 heteroatoms. The molecule has 3 heterocycles. The molecule has 2 aliphatic heterocycles. The van der Waals surface area contributed by atoms with E-state index in [0.29, 0.717) is 56.2 Å². The number of amides is 2. The Morgan fingerprint density at radius 2 is 1.58 bits per heavy atom. The number of nitrogens with one attached hydrogen (secondary N) is 1. The number of urea groups is 1. The molecule has 2 amide bonds. The fourth-order valence-electron chi connectivity index (χ4n) is 3.90. The number of anilines is 2. The number of hydrogen-bond acceptors (Lipinski definition) is 4. The van der Waals surface area contributed by atoms with Gasteiger partial charge < -0.3 is 19.9 Å². The van der Waals surface area contributed by atoms with Crippen LogP contribution in [0.5, 0.6) is 0 Å². The lowest BCUT2D eigenvalue weighted by molar-refractivity contribution is -0.141. The first kappa shape index (κ1) is 27.6. The average molecular weight is 519 g/mol. The summed E-state index contributed by atoms with van der Waals surface area (Å²) in [5.41, 5.74) is 1.47. The predicted octanol–water partition coefficient (Wildman–Crippen LogP) is 6.11.